The predicted molar refractivity (Wildman–Crippen MR) is 99.8 cm³/mol. The van der Waals surface area contributed by atoms with Gasteiger partial charge in [-0.2, -0.15) is 0 Å². The first-order valence-electron chi connectivity index (χ1n) is 9.42. The molecule has 0 saturated carbocycles. The zero-order chi connectivity index (χ0) is 18.8. The molecule has 0 N–H and O–H groups in total. The summed E-state index contributed by atoms with van der Waals surface area (Å²) in [4.78, 5) is 24.3. The van der Waals surface area contributed by atoms with Gasteiger partial charge in [-0.1, -0.05) is 53.4 Å². The Morgan fingerprint density at radius 3 is 1.60 bits per heavy atom. The summed E-state index contributed by atoms with van der Waals surface area (Å²) in [5.74, 6) is 0.0936. The second kappa shape index (κ2) is 10.9. The standard InChI is InChI=1S/C21H32O4/c1-6-8-10-16(4)20(22)24-18-12-15(3)13-19(14-18)25-21(23)17(5)11-9-7-2/h12-14,16-17H,6-11H2,1-5H3. The van der Waals surface area contributed by atoms with Gasteiger partial charge in [0.25, 0.3) is 0 Å². The molecule has 0 aliphatic rings. The second-order valence-corrected chi connectivity index (χ2v) is 6.91. The van der Waals surface area contributed by atoms with Gasteiger partial charge in [-0.25, -0.2) is 0 Å². The molecule has 0 spiro atoms. The number of esters is 2. The number of carbonyl (C=O) groups excluding carboxylic acids is 2. The van der Waals surface area contributed by atoms with E-state index in [1.807, 2.05) is 20.8 Å². The van der Waals surface area contributed by atoms with Gasteiger partial charge in [0.15, 0.2) is 0 Å². The Kier molecular flexibility index (Phi) is 9.25. The Morgan fingerprint density at radius 1 is 0.840 bits per heavy atom. The average Bonchev–Trinajstić information content (AvgIpc) is 2.56. The minimum atomic E-state index is -0.243. The van der Waals surface area contributed by atoms with E-state index in [1.54, 1.807) is 18.2 Å². The third-order valence-corrected chi connectivity index (χ3v) is 4.25. The second-order valence-electron chi connectivity index (χ2n) is 6.91. The lowest BCUT2D eigenvalue weighted by Gasteiger charge is -2.14. The first-order chi connectivity index (χ1) is 11.9. The summed E-state index contributed by atoms with van der Waals surface area (Å²) in [7, 11) is 0. The average molecular weight is 348 g/mol. The Labute approximate surface area is 151 Å². The van der Waals surface area contributed by atoms with Crippen LogP contribution in [0.2, 0.25) is 0 Å². The van der Waals surface area contributed by atoms with Crippen molar-refractivity contribution in [3.8, 4) is 11.5 Å². The SMILES string of the molecule is CCCCC(C)C(=O)Oc1cc(C)cc(OC(=O)C(C)CCCC)c1. The highest BCUT2D eigenvalue weighted by atomic mass is 16.5. The maximum absolute atomic E-state index is 12.2. The third kappa shape index (κ3) is 7.72. The van der Waals surface area contributed by atoms with E-state index in [-0.39, 0.29) is 23.8 Å². The van der Waals surface area contributed by atoms with Gasteiger partial charge in [0.05, 0.1) is 11.8 Å². The Morgan fingerprint density at radius 2 is 1.24 bits per heavy atom. The van der Waals surface area contributed by atoms with Crippen LogP contribution < -0.4 is 9.47 Å². The summed E-state index contributed by atoms with van der Waals surface area (Å²) in [5.41, 5.74) is 0.885. The van der Waals surface area contributed by atoms with Gasteiger partial charge in [-0.3, -0.25) is 9.59 Å². The molecule has 0 radical (unpaired) electrons. The van der Waals surface area contributed by atoms with Crippen LogP contribution in [0.5, 0.6) is 11.5 Å². The fraction of sp³-hybridized carbons (Fsp3) is 0.619. The molecule has 2 unspecified atom stereocenters. The topological polar surface area (TPSA) is 52.6 Å². The molecule has 25 heavy (non-hydrogen) atoms. The minimum Gasteiger partial charge on any atom is -0.426 e. The monoisotopic (exact) mass is 348 g/mol. The number of carbonyl (C=O) groups is 2. The van der Waals surface area contributed by atoms with E-state index in [2.05, 4.69) is 13.8 Å². The van der Waals surface area contributed by atoms with Crippen molar-refractivity contribution in [3.63, 3.8) is 0 Å². The molecule has 0 aromatic heterocycles. The fourth-order valence-electron chi connectivity index (χ4n) is 2.52. The fourth-order valence-corrected chi connectivity index (χ4v) is 2.52. The summed E-state index contributed by atoms with van der Waals surface area (Å²) in [6.07, 6.45) is 5.75. The lowest BCUT2D eigenvalue weighted by Crippen LogP contribution is -2.19. The maximum atomic E-state index is 12.2. The van der Waals surface area contributed by atoms with Crippen molar-refractivity contribution in [1.82, 2.24) is 0 Å². The van der Waals surface area contributed by atoms with E-state index in [4.69, 9.17) is 9.47 Å². The van der Waals surface area contributed by atoms with Gasteiger partial charge in [0.2, 0.25) is 0 Å². The predicted octanol–water partition coefficient (Wildman–Crippen LogP) is 5.46. The maximum Gasteiger partial charge on any atom is 0.314 e. The summed E-state index contributed by atoms with van der Waals surface area (Å²) in [5, 5.41) is 0. The number of ether oxygens (including phenoxy) is 2. The van der Waals surface area contributed by atoms with Crippen LogP contribution >= 0.6 is 0 Å². The van der Waals surface area contributed by atoms with Crippen molar-refractivity contribution >= 4 is 11.9 Å². The Hall–Kier alpha value is -1.84. The van der Waals surface area contributed by atoms with Crippen LogP contribution in [-0.4, -0.2) is 11.9 Å². The molecule has 4 heteroatoms. The lowest BCUT2D eigenvalue weighted by molar-refractivity contribution is -0.139. The molecule has 0 amide bonds. The highest BCUT2D eigenvalue weighted by Gasteiger charge is 2.18. The van der Waals surface area contributed by atoms with Crippen LogP contribution in [-0.2, 0) is 9.59 Å². The molecule has 140 valence electrons. The third-order valence-electron chi connectivity index (χ3n) is 4.25. The van der Waals surface area contributed by atoms with E-state index in [1.165, 1.54) is 0 Å². The summed E-state index contributed by atoms with van der Waals surface area (Å²) >= 11 is 0. The van der Waals surface area contributed by atoms with Crippen LogP contribution in [0.1, 0.15) is 71.8 Å². The Balaban J connectivity index is 2.72. The van der Waals surface area contributed by atoms with Crippen LogP contribution in [0.3, 0.4) is 0 Å². The first-order valence-corrected chi connectivity index (χ1v) is 9.42. The molecule has 4 nitrogen and oxygen atoms in total. The largest absolute Gasteiger partial charge is 0.426 e. The van der Waals surface area contributed by atoms with Crippen molar-refractivity contribution in [2.24, 2.45) is 11.8 Å². The van der Waals surface area contributed by atoms with Crippen molar-refractivity contribution in [2.75, 3.05) is 0 Å². The molecule has 0 bridgehead atoms. The van der Waals surface area contributed by atoms with E-state index in [0.29, 0.717) is 11.5 Å². The molecule has 1 aromatic carbocycles. The van der Waals surface area contributed by atoms with Crippen molar-refractivity contribution < 1.29 is 19.1 Å². The van der Waals surface area contributed by atoms with Crippen LogP contribution in [0.4, 0.5) is 0 Å². The first kappa shape index (κ1) is 21.2. The number of unbranched alkanes of at least 4 members (excludes halogenated alkanes) is 2. The van der Waals surface area contributed by atoms with Gasteiger partial charge < -0.3 is 9.47 Å². The lowest BCUT2D eigenvalue weighted by atomic mass is 10.0. The summed E-state index contributed by atoms with van der Waals surface area (Å²) in [6, 6.07) is 5.17. The van der Waals surface area contributed by atoms with E-state index in [9.17, 15) is 9.59 Å². The summed E-state index contributed by atoms with van der Waals surface area (Å²) in [6.45, 7) is 9.84. The molecule has 0 aliphatic carbocycles. The van der Waals surface area contributed by atoms with Gasteiger partial charge in [0, 0.05) is 6.07 Å². The van der Waals surface area contributed by atoms with E-state index in [0.717, 1.165) is 44.1 Å². The van der Waals surface area contributed by atoms with Gasteiger partial charge >= 0.3 is 11.9 Å². The number of hydrogen-bond acceptors (Lipinski definition) is 4. The molecule has 2 atom stereocenters. The van der Waals surface area contributed by atoms with Crippen molar-refractivity contribution in [3.05, 3.63) is 23.8 Å². The number of rotatable bonds is 10. The van der Waals surface area contributed by atoms with Crippen LogP contribution in [0.15, 0.2) is 18.2 Å². The van der Waals surface area contributed by atoms with Gasteiger partial charge in [-0.05, 0) is 37.5 Å². The van der Waals surface area contributed by atoms with Crippen LogP contribution in [0, 0.1) is 18.8 Å². The van der Waals surface area contributed by atoms with Crippen molar-refractivity contribution in [1.29, 1.82) is 0 Å². The quantitative estimate of drug-likeness (QED) is 0.416. The zero-order valence-corrected chi connectivity index (χ0v) is 16.3. The minimum absolute atomic E-state index is 0.138. The molecule has 0 aliphatic heterocycles. The highest BCUT2D eigenvalue weighted by molar-refractivity contribution is 5.76. The van der Waals surface area contributed by atoms with Gasteiger partial charge in [0.1, 0.15) is 11.5 Å². The number of hydrogen-bond donors (Lipinski definition) is 0. The molecule has 0 fully saturated rings. The normalized spacial score (nSPS) is 13.2. The molecule has 1 rings (SSSR count). The number of aryl methyl sites for hydroxylation is 1. The number of benzene rings is 1. The smallest absolute Gasteiger partial charge is 0.314 e. The van der Waals surface area contributed by atoms with Crippen LogP contribution in [0.25, 0.3) is 0 Å². The zero-order valence-electron chi connectivity index (χ0n) is 16.3. The Bertz CT molecular complexity index is 519. The molecular weight excluding hydrogens is 316 g/mol. The molecular formula is C21H32O4. The van der Waals surface area contributed by atoms with E-state index < -0.39 is 0 Å². The van der Waals surface area contributed by atoms with E-state index >= 15 is 0 Å². The van der Waals surface area contributed by atoms with Crippen molar-refractivity contribution in [2.45, 2.75) is 73.1 Å². The molecule has 0 heterocycles. The molecule has 1 aromatic rings. The molecule has 0 saturated heterocycles. The highest BCUT2D eigenvalue weighted by Crippen LogP contribution is 2.25. The summed E-state index contributed by atoms with van der Waals surface area (Å²) < 4.78 is 10.9. The van der Waals surface area contributed by atoms with Gasteiger partial charge in [-0.15, -0.1) is 0 Å².